The first kappa shape index (κ1) is 16.1. The van der Waals surface area contributed by atoms with Crippen molar-refractivity contribution in [2.24, 2.45) is 0 Å². The number of aromatic carboxylic acids is 1. The van der Waals surface area contributed by atoms with Crippen LogP contribution < -0.4 is 11.1 Å². The summed E-state index contributed by atoms with van der Waals surface area (Å²) in [4.78, 5) is 39.9. The highest BCUT2D eigenvalue weighted by Gasteiger charge is 2.26. The number of carboxylic acids is 1. The molecule has 3 aromatic rings. The molecule has 0 spiro atoms. The van der Waals surface area contributed by atoms with E-state index >= 15 is 0 Å². The van der Waals surface area contributed by atoms with E-state index in [0.29, 0.717) is 29.9 Å². The molecule has 0 bridgehead atoms. The molecular weight excluding hydrogens is 340 g/mol. The summed E-state index contributed by atoms with van der Waals surface area (Å²) < 4.78 is 8.12. The number of hydrogen-bond donors (Lipinski definition) is 2. The van der Waals surface area contributed by atoms with Crippen LogP contribution >= 0.6 is 0 Å². The Hall–Kier alpha value is -3.36. The molecule has 0 saturated carbocycles. The molecule has 1 aliphatic heterocycles. The van der Waals surface area contributed by atoms with E-state index in [2.05, 4.69) is 10.3 Å². The molecule has 1 aliphatic rings. The van der Waals surface area contributed by atoms with Gasteiger partial charge in [0.15, 0.2) is 17.1 Å². The van der Waals surface area contributed by atoms with Crippen LogP contribution in [0.5, 0.6) is 0 Å². The number of nitrogens with zero attached hydrogens (tertiary/aromatic N) is 3. The number of nitrogens with one attached hydrogen (secondary N) is 1. The maximum atomic E-state index is 12.3. The summed E-state index contributed by atoms with van der Waals surface area (Å²) in [6.07, 6.45) is 1.52. The van der Waals surface area contributed by atoms with Gasteiger partial charge < -0.3 is 19.4 Å². The molecule has 9 nitrogen and oxygen atoms in total. The zero-order valence-electron chi connectivity index (χ0n) is 13.8. The molecule has 134 valence electrons. The second-order valence-corrected chi connectivity index (χ2v) is 6.07. The molecule has 2 N–H and O–H groups in total. The second-order valence-electron chi connectivity index (χ2n) is 6.07. The summed E-state index contributed by atoms with van der Waals surface area (Å²) in [5, 5.41) is 12.0. The van der Waals surface area contributed by atoms with E-state index in [-0.39, 0.29) is 24.5 Å². The van der Waals surface area contributed by atoms with E-state index in [1.54, 1.807) is 28.8 Å². The smallest absolute Gasteiger partial charge is 0.419 e. The lowest BCUT2D eigenvalue weighted by molar-refractivity contribution is -0.116. The highest BCUT2D eigenvalue weighted by molar-refractivity contribution is 5.98. The predicted octanol–water partition coefficient (Wildman–Crippen LogP) is 1.46. The molecule has 3 heterocycles. The third-order valence-corrected chi connectivity index (χ3v) is 4.43. The van der Waals surface area contributed by atoms with E-state index in [0.717, 1.165) is 6.42 Å². The first-order chi connectivity index (χ1) is 12.5. The van der Waals surface area contributed by atoms with Gasteiger partial charge in [0, 0.05) is 25.9 Å². The Morgan fingerprint density at radius 1 is 1.31 bits per heavy atom. The molecule has 0 saturated heterocycles. The maximum absolute atomic E-state index is 12.3. The number of oxazole rings is 1. The van der Waals surface area contributed by atoms with Gasteiger partial charge in [-0.2, -0.15) is 0 Å². The molecule has 4 rings (SSSR count). The molecular formula is C17H16N4O5. The van der Waals surface area contributed by atoms with Crippen LogP contribution in [0.2, 0.25) is 0 Å². The Bertz CT molecular complexity index is 1070. The molecule has 9 heteroatoms. The number of imidazole rings is 1. The van der Waals surface area contributed by atoms with Crippen LogP contribution in [0.4, 0.5) is 5.82 Å². The fourth-order valence-electron chi connectivity index (χ4n) is 3.26. The van der Waals surface area contributed by atoms with Crippen molar-refractivity contribution in [3.8, 4) is 0 Å². The molecule has 1 amide bonds. The van der Waals surface area contributed by atoms with Crippen molar-refractivity contribution in [1.29, 1.82) is 0 Å². The standard InChI is InChI=1S/C17H16N4O5/c22-13(7-9-20-10-4-1-2-5-11(10)26-17(20)25)19-15-14(16(23)24)21-8-3-6-12(21)18-15/h1-2,4-5H,3,6-9H2,(H,19,22)(H,23,24). The minimum atomic E-state index is -1.13. The highest BCUT2D eigenvalue weighted by Crippen LogP contribution is 2.24. The lowest BCUT2D eigenvalue weighted by atomic mass is 10.3. The van der Waals surface area contributed by atoms with Gasteiger partial charge in [0.05, 0.1) is 5.52 Å². The minimum absolute atomic E-state index is 0.00298. The quantitative estimate of drug-likeness (QED) is 0.714. The monoisotopic (exact) mass is 356 g/mol. The van der Waals surface area contributed by atoms with Crippen LogP contribution in [-0.2, 0) is 24.3 Å². The Morgan fingerprint density at radius 3 is 2.92 bits per heavy atom. The van der Waals surface area contributed by atoms with Crippen molar-refractivity contribution in [2.45, 2.75) is 32.4 Å². The van der Waals surface area contributed by atoms with E-state index in [4.69, 9.17) is 4.42 Å². The number of rotatable bonds is 5. The Morgan fingerprint density at radius 2 is 2.12 bits per heavy atom. The molecule has 0 unspecified atom stereocenters. The number of amides is 1. The van der Waals surface area contributed by atoms with Gasteiger partial charge in [0.25, 0.3) is 0 Å². The third kappa shape index (κ3) is 2.67. The van der Waals surface area contributed by atoms with Gasteiger partial charge in [-0.3, -0.25) is 9.36 Å². The van der Waals surface area contributed by atoms with Crippen LogP contribution in [0.15, 0.2) is 33.5 Å². The fraction of sp³-hybridized carbons (Fsp3) is 0.294. The van der Waals surface area contributed by atoms with Gasteiger partial charge in [-0.15, -0.1) is 0 Å². The lowest BCUT2D eigenvalue weighted by Crippen LogP contribution is -2.21. The average Bonchev–Trinajstić information content (AvgIpc) is 3.24. The fourth-order valence-corrected chi connectivity index (χ4v) is 3.26. The van der Waals surface area contributed by atoms with Crippen molar-refractivity contribution in [3.63, 3.8) is 0 Å². The summed E-state index contributed by atoms with van der Waals surface area (Å²) >= 11 is 0. The molecule has 26 heavy (non-hydrogen) atoms. The molecule has 0 fully saturated rings. The van der Waals surface area contributed by atoms with Gasteiger partial charge in [0.2, 0.25) is 5.91 Å². The SMILES string of the molecule is O=C(CCn1c(=O)oc2ccccc21)Nc1nc2n(c1C(=O)O)CCC2. The lowest BCUT2D eigenvalue weighted by Gasteiger charge is -2.06. The topological polar surface area (TPSA) is 119 Å². The summed E-state index contributed by atoms with van der Waals surface area (Å²) in [6.45, 7) is 0.702. The second kappa shape index (κ2) is 6.17. The van der Waals surface area contributed by atoms with Crippen molar-refractivity contribution < 1.29 is 19.1 Å². The maximum Gasteiger partial charge on any atom is 0.419 e. The summed E-state index contributed by atoms with van der Waals surface area (Å²) in [6, 6.07) is 6.95. The minimum Gasteiger partial charge on any atom is -0.476 e. The Kier molecular flexibility index (Phi) is 3.83. The van der Waals surface area contributed by atoms with Crippen molar-refractivity contribution in [1.82, 2.24) is 14.1 Å². The molecule has 1 aromatic carbocycles. The summed E-state index contributed by atoms with van der Waals surface area (Å²) in [5.41, 5.74) is 1.06. The first-order valence-electron chi connectivity index (χ1n) is 8.25. The van der Waals surface area contributed by atoms with Crippen LogP contribution in [0.25, 0.3) is 11.1 Å². The van der Waals surface area contributed by atoms with E-state index in [1.807, 2.05) is 0 Å². The van der Waals surface area contributed by atoms with Crippen molar-refractivity contribution in [2.75, 3.05) is 5.32 Å². The van der Waals surface area contributed by atoms with Gasteiger partial charge in [-0.25, -0.2) is 14.6 Å². The van der Waals surface area contributed by atoms with E-state index in [9.17, 15) is 19.5 Å². The normalized spacial score (nSPS) is 13.1. The average molecular weight is 356 g/mol. The number of carbonyl (C=O) groups excluding carboxylic acids is 1. The van der Waals surface area contributed by atoms with Crippen LogP contribution in [0.1, 0.15) is 29.2 Å². The number of para-hydroxylation sites is 2. The number of hydrogen-bond acceptors (Lipinski definition) is 5. The number of benzene rings is 1. The van der Waals surface area contributed by atoms with E-state index < -0.39 is 17.6 Å². The molecule has 0 radical (unpaired) electrons. The van der Waals surface area contributed by atoms with Gasteiger partial charge in [-0.1, -0.05) is 12.1 Å². The molecule has 0 aliphatic carbocycles. The Balaban J connectivity index is 1.51. The molecule has 0 atom stereocenters. The number of anilines is 1. The summed E-state index contributed by atoms with van der Waals surface area (Å²) in [5.74, 6) is -1.36. The van der Waals surface area contributed by atoms with Crippen molar-refractivity contribution in [3.05, 3.63) is 46.3 Å². The largest absolute Gasteiger partial charge is 0.476 e. The molecule has 2 aromatic heterocycles. The van der Waals surface area contributed by atoms with Gasteiger partial charge >= 0.3 is 11.7 Å². The van der Waals surface area contributed by atoms with E-state index in [1.165, 1.54) is 4.57 Å². The number of aryl methyl sites for hydroxylation is 2. The number of fused-ring (bicyclic) bond motifs is 2. The Labute approximate surface area is 146 Å². The van der Waals surface area contributed by atoms with Gasteiger partial charge in [-0.05, 0) is 18.6 Å². The number of carbonyl (C=O) groups is 2. The zero-order valence-corrected chi connectivity index (χ0v) is 13.8. The zero-order chi connectivity index (χ0) is 18.3. The van der Waals surface area contributed by atoms with Crippen LogP contribution in [-0.4, -0.2) is 31.1 Å². The first-order valence-corrected chi connectivity index (χ1v) is 8.25. The van der Waals surface area contributed by atoms with Gasteiger partial charge in [0.1, 0.15) is 5.82 Å². The number of carboxylic acid groups (broad SMARTS) is 1. The summed E-state index contributed by atoms with van der Waals surface area (Å²) in [7, 11) is 0. The predicted molar refractivity (Wildman–Crippen MR) is 91.2 cm³/mol. The number of aromatic nitrogens is 3. The van der Waals surface area contributed by atoms with Crippen LogP contribution in [0.3, 0.4) is 0 Å². The highest BCUT2D eigenvalue weighted by atomic mass is 16.4. The van der Waals surface area contributed by atoms with Crippen LogP contribution in [0, 0.1) is 0 Å². The van der Waals surface area contributed by atoms with Crippen molar-refractivity contribution >= 4 is 28.8 Å². The third-order valence-electron chi connectivity index (χ3n) is 4.43.